The van der Waals surface area contributed by atoms with Crippen molar-refractivity contribution in [1.82, 2.24) is 0 Å². The quantitative estimate of drug-likeness (QED) is 0.281. The summed E-state index contributed by atoms with van der Waals surface area (Å²) in [5, 5.41) is 0. The van der Waals surface area contributed by atoms with Crippen molar-refractivity contribution in [1.29, 1.82) is 0 Å². The van der Waals surface area contributed by atoms with E-state index in [-0.39, 0.29) is 0 Å². The molecule has 1 aliphatic rings. The highest BCUT2D eigenvalue weighted by Crippen LogP contribution is 2.45. The topological polar surface area (TPSA) is 0 Å². The van der Waals surface area contributed by atoms with Crippen LogP contribution in [0.4, 0.5) is 0 Å². The second-order valence-corrected chi connectivity index (χ2v) is 7.59. The number of hydrogen-bond donors (Lipinski definition) is 0. The Kier molecular flexibility index (Phi) is 33.6. The Balaban J connectivity index is -0.000000318. The van der Waals surface area contributed by atoms with Crippen molar-refractivity contribution in [3.05, 3.63) is 12.2 Å². The summed E-state index contributed by atoms with van der Waals surface area (Å²) in [7, 11) is 0. The third-order valence-corrected chi connectivity index (χ3v) is 5.74. The fourth-order valence-corrected chi connectivity index (χ4v) is 4.49. The van der Waals surface area contributed by atoms with Gasteiger partial charge >= 0.3 is 0 Å². The predicted molar refractivity (Wildman–Crippen MR) is 137 cm³/mol. The van der Waals surface area contributed by atoms with E-state index < -0.39 is 0 Å². The van der Waals surface area contributed by atoms with E-state index in [0.29, 0.717) is 0 Å². The van der Waals surface area contributed by atoms with Crippen LogP contribution in [-0.2, 0) is 0 Å². The fourth-order valence-electron chi connectivity index (χ4n) is 4.49. The van der Waals surface area contributed by atoms with E-state index in [1.807, 2.05) is 55.4 Å². The molecule has 1 rings (SSSR count). The molecule has 0 aromatic carbocycles. The minimum absolute atomic E-state index is 0.789. The van der Waals surface area contributed by atoms with E-state index in [4.69, 9.17) is 0 Å². The average molecular weight is 399 g/mol. The lowest BCUT2D eigenvalue weighted by Crippen LogP contribution is -2.33. The van der Waals surface area contributed by atoms with Crippen LogP contribution in [0.15, 0.2) is 12.2 Å². The Morgan fingerprint density at radius 1 is 0.821 bits per heavy atom. The summed E-state index contributed by atoms with van der Waals surface area (Å²) in [5.74, 6) is 4.25. The zero-order chi connectivity index (χ0) is 23.1. The molecule has 1 saturated carbocycles. The van der Waals surface area contributed by atoms with Gasteiger partial charge in [-0.25, -0.2) is 0 Å². The highest BCUT2D eigenvalue weighted by molar-refractivity contribution is 5.07. The maximum absolute atomic E-state index is 4.53. The molecule has 0 N–H and O–H groups in total. The van der Waals surface area contributed by atoms with Crippen LogP contribution in [0.3, 0.4) is 0 Å². The third-order valence-electron chi connectivity index (χ3n) is 5.74. The van der Waals surface area contributed by atoms with Crippen LogP contribution in [0.25, 0.3) is 0 Å². The van der Waals surface area contributed by atoms with Crippen molar-refractivity contribution in [2.24, 2.45) is 29.6 Å². The van der Waals surface area contributed by atoms with Gasteiger partial charge in [-0.15, -0.1) is 0 Å². The van der Waals surface area contributed by atoms with Gasteiger partial charge in [0, 0.05) is 0 Å². The van der Waals surface area contributed by atoms with Crippen LogP contribution < -0.4 is 0 Å². The zero-order valence-corrected chi connectivity index (χ0v) is 22.8. The van der Waals surface area contributed by atoms with Gasteiger partial charge in [0.25, 0.3) is 0 Å². The van der Waals surface area contributed by atoms with Crippen LogP contribution in [0.2, 0.25) is 0 Å². The first-order chi connectivity index (χ1) is 13.5. The van der Waals surface area contributed by atoms with E-state index in [2.05, 4.69) is 41.2 Å². The molecule has 1 aliphatic carbocycles. The van der Waals surface area contributed by atoms with E-state index in [1.54, 1.807) is 5.57 Å². The Morgan fingerprint density at radius 2 is 1.29 bits per heavy atom. The molecule has 0 nitrogen and oxygen atoms in total. The standard InChI is InChI=1S/C20H38.4C2H6/c1-7-9-10-11-15(3)14-18(6)20-17(5)13-12-16(4)19(20)8-2;4*1-2/h15-17,19-20H,6-14H2,1-5H3;4*1-2H3. The van der Waals surface area contributed by atoms with Gasteiger partial charge in [0.15, 0.2) is 0 Å². The maximum atomic E-state index is 4.53. The molecule has 5 atom stereocenters. The molecule has 0 heteroatoms. The molecule has 0 radical (unpaired) electrons. The van der Waals surface area contributed by atoms with E-state index in [9.17, 15) is 0 Å². The molecule has 0 aromatic heterocycles. The lowest BCUT2D eigenvalue weighted by atomic mass is 9.63. The second kappa shape index (κ2) is 26.7. The number of hydrogen-bond acceptors (Lipinski definition) is 0. The van der Waals surface area contributed by atoms with Gasteiger partial charge in [-0.05, 0) is 42.4 Å². The normalized spacial score (nSPS) is 23.8. The maximum Gasteiger partial charge on any atom is -0.0149 e. The van der Waals surface area contributed by atoms with Crippen LogP contribution in [0.5, 0.6) is 0 Å². The first-order valence-corrected chi connectivity index (χ1v) is 13.2. The molecule has 0 aliphatic heterocycles. The highest BCUT2D eigenvalue weighted by Gasteiger charge is 2.35. The Morgan fingerprint density at radius 3 is 1.71 bits per heavy atom. The van der Waals surface area contributed by atoms with E-state index in [1.165, 1.54) is 51.4 Å². The molecule has 5 unspecified atom stereocenters. The van der Waals surface area contributed by atoms with Crippen LogP contribution >= 0.6 is 0 Å². The van der Waals surface area contributed by atoms with E-state index in [0.717, 1.165) is 29.6 Å². The minimum atomic E-state index is 0.789. The first kappa shape index (κ1) is 35.2. The summed E-state index contributed by atoms with van der Waals surface area (Å²) in [6, 6.07) is 0. The van der Waals surface area contributed by atoms with Gasteiger partial charge in [0.05, 0.1) is 0 Å². The largest absolute Gasteiger partial charge is 0.0996 e. The Labute approximate surface area is 183 Å². The minimum Gasteiger partial charge on any atom is -0.0996 e. The SMILES string of the molecule is C=C(CC(C)CCCCC)C1C(C)CCC(C)C1CC.CC.CC.CC.CC. The van der Waals surface area contributed by atoms with Crippen molar-refractivity contribution in [3.63, 3.8) is 0 Å². The van der Waals surface area contributed by atoms with Crippen LogP contribution in [0, 0.1) is 29.6 Å². The van der Waals surface area contributed by atoms with Crippen LogP contribution in [0.1, 0.15) is 141 Å². The molecule has 1 fully saturated rings. The molecule has 174 valence electrons. The van der Waals surface area contributed by atoms with E-state index >= 15 is 0 Å². The molecular formula is C28H62. The summed E-state index contributed by atoms with van der Waals surface area (Å²) < 4.78 is 0. The van der Waals surface area contributed by atoms with Gasteiger partial charge in [-0.2, -0.15) is 0 Å². The monoisotopic (exact) mass is 398 g/mol. The molecule has 0 spiro atoms. The number of unbranched alkanes of at least 4 members (excludes halogenated alkanes) is 2. The summed E-state index contributed by atoms with van der Waals surface area (Å²) in [4.78, 5) is 0. The van der Waals surface area contributed by atoms with Crippen molar-refractivity contribution < 1.29 is 0 Å². The smallest absolute Gasteiger partial charge is 0.0149 e. The summed E-state index contributed by atoms with van der Waals surface area (Å²) in [5.41, 5.74) is 1.57. The summed E-state index contributed by atoms with van der Waals surface area (Å²) in [6.07, 6.45) is 11.0. The lowest BCUT2D eigenvalue weighted by molar-refractivity contribution is 0.126. The van der Waals surface area contributed by atoms with Gasteiger partial charge < -0.3 is 0 Å². The Bertz CT molecular complexity index is 278. The van der Waals surface area contributed by atoms with Gasteiger partial charge in [0.1, 0.15) is 0 Å². The fraction of sp³-hybridized carbons (Fsp3) is 0.929. The lowest BCUT2D eigenvalue weighted by Gasteiger charge is -2.42. The summed E-state index contributed by atoms with van der Waals surface area (Å²) in [6.45, 7) is 32.6. The molecule has 0 bridgehead atoms. The average Bonchev–Trinajstić information content (AvgIpc) is 2.75. The number of rotatable bonds is 8. The predicted octanol–water partition coefficient (Wildman–Crippen LogP) is 11.0. The number of allylic oxidation sites excluding steroid dienone is 1. The summed E-state index contributed by atoms with van der Waals surface area (Å²) >= 11 is 0. The van der Waals surface area contributed by atoms with Crippen molar-refractivity contribution >= 4 is 0 Å². The molecule has 0 aromatic rings. The van der Waals surface area contributed by atoms with Crippen molar-refractivity contribution in [2.75, 3.05) is 0 Å². The highest BCUT2D eigenvalue weighted by atomic mass is 14.4. The zero-order valence-electron chi connectivity index (χ0n) is 22.8. The molecular weight excluding hydrogens is 336 g/mol. The van der Waals surface area contributed by atoms with Gasteiger partial charge in [0.2, 0.25) is 0 Å². The first-order valence-electron chi connectivity index (χ1n) is 13.2. The van der Waals surface area contributed by atoms with Crippen molar-refractivity contribution in [3.8, 4) is 0 Å². The van der Waals surface area contributed by atoms with Crippen LogP contribution in [-0.4, -0.2) is 0 Å². The second-order valence-electron chi connectivity index (χ2n) is 7.59. The Hall–Kier alpha value is -0.260. The molecule has 0 saturated heterocycles. The van der Waals surface area contributed by atoms with Gasteiger partial charge in [-0.1, -0.05) is 141 Å². The molecule has 28 heavy (non-hydrogen) atoms. The molecule has 0 heterocycles. The third kappa shape index (κ3) is 15.6. The van der Waals surface area contributed by atoms with Gasteiger partial charge in [-0.3, -0.25) is 0 Å². The molecule has 0 amide bonds. The van der Waals surface area contributed by atoms with Crippen molar-refractivity contribution in [2.45, 2.75) is 141 Å².